The largest absolute Gasteiger partial charge is 0.264 e. The van der Waals surface area contributed by atoms with Gasteiger partial charge in [-0.25, -0.2) is 4.98 Å². The van der Waals surface area contributed by atoms with Gasteiger partial charge in [-0.3, -0.25) is 4.98 Å². The SMILES string of the molecule is Brc1csc(Cc2cccnc2)n1. The quantitative estimate of drug-likeness (QED) is 0.824. The topological polar surface area (TPSA) is 25.8 Å². The number of hydrogen-bond acceptors (Lipinski definition) is 3. The summed E-state index contributed by atoms with van der Waals surface area (Å²) < 4.78 is 0.913. The van der Waals surface area contributed by atoms with Crippen molar-refractivity contribution in [1.29, 1.82) is 0 Å². The predicted octanol–water partition coefficient (Wildman–Crippen LogP) is 2.89. The van der Waals surface area contributed by atoms with E-state index < -0.39 is 0 Å². The Morgan fingerprint density at radius 3 is 3.00 bits per heavy atom. The number of rotatable bonds is 2. The number of halogens is 1. The molecule has 0 amide bonds. The Kier molecular flexibility index (Phi) is 2.71. The summed E-state index contributed by atoms with van der Waals surface area (Å²) in [5.74, 6) is 0. The van der Waals surface area contributed by atoms with Crippen molar-refractivity contribution in [3.05, 3.63) is 45.1 Å². The zero-order valence-corrected chi connectivity index (χ0v) is 9.18. The average molecular weight is 255 g/mol. The van der Waals surface area contributed by atoms with E-state index in [0.29, 0.717) is 0 Å². The molecule has 0 aliphatic carbocycles. The van der Waals surface area contributed by atoms with Crippen LogP contribution in [0.4, 0.5) is 0 Å². The van der Waals surface area contributed by atoms with E-state index in [1.165, 1.54) is 5.56 Å². The van der Waals surface area contributed by atoms with Crippen LogP contribution in [0, 0.1) is 0 Å². The molecule has 2 nitrogen and oxygen atoms in total. The lowest BCUT2D eigenvalue weighted by Gasteiger charge is -1.94. The third-order valence-electron chi connectivity index (χ3n) is 1.60. The summed E-state index contributed by atoms with van der Waals surface area (Å²) in [7, 11) is 0. The van der Waals surface area contributed by atoms with Gasteiger partial charge in [0.25, 0.3) is 0 Å². The third kappa shape index (κ3) is 2.35. The van der Waals surface area contributed by atoms with E-state index in [1.54, 1.807) is 17.5 Å². The maximum absolute atomic E-state index is 4.31. The zero-order chi connectivity index (χ0) is 9.10. The van der Waals surface area contributed by atoms with Crippen molar-refractivity contribution < 1.29 is 0 Å². The zero-order valence-electron chi connectivity index (χ0n) is 6.77. The molecule has 0 aromatic carbocycles. The molecule has 0 saturated carbocycles. The molecule has 0 aliphatic rings. The fourth-order valence-corrected chi connectivity index (χ4v) is 2.35. The minimum absolute atomic E-state index is 0.865. The summed E-state index contributed by atoms with van der Waals surface area (Å²) >= 11 is 4.99. The van der Waals surface area contributed by atoms with E-state index in [-0.39, 0.29) is 0 Å². The summed E-state index contributed by atoms with van der Waals surface area (Å²) in [5, 5.41) is 3.10. The van der Waals surface area contributed by atoms with Crippen LogP contribution >= 0.6 is 27.3 Å². The molecule has 2 aromatic rings. The summed E-state index contributed by atoms with van der Waals surface area (Å²) in [4.78, 5) is 8.37. The van der Waals surface area contributed by atoms with Crippen LogP contribution in [0.1, 0.15) is 10.6 Å². The van der Waals surface area contributed by atoms with E-state index in [1.807, 2.05) is 17.6 Å². The Balaban J connectivity index is 2.15. The molecule has 0 atom stereocenters. The van der Waals surface area contributed by atoms with Crippen molar-refractivity contribution in [2.75, 3.05) is 0 Å². The maximum atomic E-state index is 4.31. The first-order valence-electron chi connectivity index (χ1n) is 3.83. The van der Waals surface area contributed by atoms with Gasteiger partial charge in [0.2, 0.25) is 0 Å². The van der Waals surface area contributed by atoms with Gasteiger partial charge >= 0.3 is 0 Å². The molecule has 0 spiro atoms. The summed E-state index contributed by atoms with van der Waals surface area (Å²) in [6, 6.07) is 4.00. The smallest absolute Gasteiger partial charge is 0.117 e. The van der Waals surface area contributed by atoms with Gasteiger partial charge < -0.3 is 0 Å². The van der Waals surface area contributed by atoms with Gasteiger partial charge in [-0.05, 0) is 27.6 Å². The molecular formula is C9H7BrN2S. The Morgan fingerprint density at radius 2 is 2.38 bits per heavy atom. The number of pyridine rings is 1. The highest BCUT2D eigenvalue weighted by Gasteiger charge is 2.00. The second-order valence-corrected chi connectivity index (χ2v) is 4.36. The number of aromatic nitrogens is 2. The fourth-order valence-electron chi connectivity index (χ4n) is 1.05. The van der Waals surface area contributed by atoms with E-state index in [4.69, 9.17) is 0 Å². The number of thiazole rings is 1. The van der Waals surface area contributed by atoms with Crippen LogP contribution in [-0.2, 0) is 6.42 Å². The molecule has 2 heterocycles. The maximum Gasteiger partial charge on any atom is 0.117 e. The molecule has 0 unspecified atom stereocenters. The molecule has 0 bridgehead atoms. The normalized spacial score (nSPS) is 10.2. The van der Waals surface area contributed by atoms with Crippen molar-refractivity contribution in [1.82, 2.24) is 9.97 Å². The summed E-state index contributed by atoms with van der Waals surface area (Å²) in [6.45, 7) is 0. The van der Waals surface area contributed by atoms with E-state index in [0.717, 1.165) is 16.0 Å². The molecule has 2 aromatic heterocycles. The van der Waals surface area contributed by atoms with E-state index in [9.17, 15) is 0 Å². The standard InChI is InChI=1S/C9H7BrN2S/c10-8-6-13-9(12-8)4-7-2-1-3-11-5-7/h1-3,5-6H,4H2. The molecule has 0 radical (unpaired) electrons. The van der Waals surface area contributed by atoms with Crippen molar-refractivity contribution in [2.45, 2.75) is 6.42 Å². The van der Waals surface area contributed by atoms with Crippen LogP contribution in [0.5, 0.6) is 0 Å². The first-order valence-corrected chi connectivity index (χ1v) is 5.50. The summed E-state index contributed by atoms with van der Waals surface area (Å²) in [6.07, 6.45) is 4.51. The first-order chi connectivity index (χ1) is 6.34. The lowest BCUT2D eigenvalue weighted by Crippen LogP contribution is -1.86. The second-order valence-electron chi connectivity index (χ2n) is 2.60. The van der Waals surface area contributed by atoms with Gasteiger partial charge in [0.15, 0.2) is 0 Å². The van der Waals surface area contributed by atoms with Crippen molar-refractivity contribution >= 4 is 27.3 Å². The molecule has 0 fully saturated rings. The Labute approximate surface area is 88.8 Å². The second kappa shape index (κ2) is 3.98. The highest BCUT2D eigenvalue weighted by molar-refractivity contribution is 9.10. The molecular weight excluding hydrogens is 248 g/mol. The number of nitrogens with zero attached hydrogens (tertiary/aromatic N) is 2. The highest BCUT2D eigenvalue weighted by atomic mass is 79.9. The molecule has 13 heavy (non-hydrogen) atoms. The first kappa shape index (κ1) is 8.84. The van der Waals surface area contributed by atoms with Crippen molar-refractivity contribution in [3.8, 4) is 0 Å². The lowest BCUT2D eigenvalue weighted by atomic mass is 10.2. The Bertz CT molecular complexity index is 386. The highest BCUT2D eigenvalue weighted by Crippen LogP contribution is 2.17. The minimum atomic E-state index is 0.865. The van der Waals surface area contributed by atoms with Gasteiger partial charge in [-0.15, -0.1) is 11.3 Å². The Hall–Kier alpha value is -0.740. The molecule has 2 rings (SSSR count). The monoisotopic (exact) mass is 254 g/mol. The van der Waals surface area contributed by atoms with E-state index in [2.05, 4.69) is 32.0 Å². The van der Waals surface area contributed by atoms with Gasteiger partial charge in [0.05, 0.1) is 5.01 Å². The Morgan fingerprint density at radius 1 is 1.46 bits per heavy atom. The third-order valence-corrected chi connectivity index (χ3v) is 3.16. The molecule has 4 heteroatoms. The van der Waals surface area contributed by atoms with Crippen LogP contribution in [-0.4, -0.2) is 9.97 Å². The van der Waals surface area contributed by atoms with Gasteiger partial charge in [-0.1, -0.05) is 6.07 Å². The fraction of sp³-hybridized carbons (Fsp3) is 0.111. The summed E-state index contributed by atoms with van der Waals surface area (Å²) in [5.41, 5.74) is 1.20. The van der Waals surface area contributed by atoms with Crippen molar-refractivity contribution in [2.24, 2.45) is 0 Å². The van der Waals surface area contributed by atoms with Gasteiger partial charge in [0, 0.05) is 24.2 Å². The van der Waals surface area contributed by atoms with Crippen LogP contribution in [0.25, 0.3) is 0 Å². The number of hydrogen-bond donors (Lipinski definition) is 0. The molecule has 0 N–H and O–H groups in total. The lowest BCUT2D eigenvalue weighted by molar-refractivity contribution is 1.10. The van der Waals surface area contributed by atoms with Gasteiger partial charge in [0.1, 0.15) is 4.60 Å². The van der Waals surface area contributed by atoms with Crippen LogP contribution in [0.15, 0.2) is 34.5 Å². The predicted molar refractivity (Wildman–Crippen MR) is 56.9 cm³/mol. The molecule has 0 aliphatic heterocycles. The minimum Gasteiger partial charge on any atom is -0.264 e. The van der Waals surface area contributed by atoms with Crippen LogP contribution < -0.4 is 0 Å². The molecule has 66 valence electrons. The van der Waals surface area contributed by atoms with Crippen LogP contribution in [0.3, 0.4) is 0 Å². The van der Waals surface area contributed by atoms with Gasteiger partial charge in [-0.2, -0.15) is 0 Å². The molecule has 0 saturated heterocycles. The average Bonchev–Trinajstić information content (AvgIpc) is 2.53. The van der Waals surface area contributed by atoms with Crippen molar-refractivity contribution in [3.63, 3.8) is 0 Å². The van der Waals surface area contributed by atoms with Crippen LogP contribution in [0.2, 0.25) is 0 Å². The van der Waals surface area contributed by atoms with E-state index >= 15 is 0 Å².